The Balaban J connectivity index is 1.30. The van der Waals surface area contributed by atoms with Gasteiger partial charge in [-0.05, 0) is 110 Å². The number of rotatable bonds is 5. The highest BCUT2D eigenvalue weighted by atomic mass is 16.5. The number of hydrogen-bond acceptors (Lipinski definition) is 2. The van der Waals surface area contributed by atoms with Gasteiger partial charge in [-0.2, -0.15) is 0 Å². The molecule has 3 saturated carbocycles. The van der Waals surface area contributed by atoms with Crippen LogP contribution in [0.3, 0.4) is 0 Å². The first-order valence-corrected chi connectivity index (χ1v) is 13.2. The summed E-state index contributed by atoms with van der Waals surface area (Å²) in [6.45, 7) is 10.6. The third-order valence-electron chi connectivity index (χ3n) is 11.0. The molecule has 4 aliphatic carbocycles. The van der Waals surface area contributed by atoms with Gasteiger partial charge in [0.05, 0.1) is 12.2 Å². The van der Waals surface area contributed by atoms with Crippen molar-refractivity contribution in [3.05, 3.63) is 22.1 Å². The van der Waals surface area contributed by atoms with Gasteiger partial charge in [-0.25, -0.2) is 0 Å². The summed E-state index contributed by atoms with van der Waals surface area (Å²) in [4.78, 5) is 2.92. The molecule has 0 bridgehead atoms. The number of fused-ring (bicyclic) bond motifs is 7. The Bertz CT molecular complexity index is 772. The second-order valence-electron chi connectivity index (χ2n) is 12.4. The molecule has 0 aromatic heterocycles. The molecule has 172 valence electrons. The summed E-state index contributed by atoms with van der Waals surface area (Å²) in [5, 5.41) is 3.77. The second kappa shape index (κ2) is 8.10. The van der Waals surface area contributed by atoms with Gasteiger partial charge in [0.2, 0.25) is 0 Å². The fraction of sp³-hybridized carbons (Fsp3) is 0.926. The van der Waals surface area contributed by atoms with Crippen molar-refractivity contribution in [2.75, 3.05) is 6.54 Å². The molecule has 5 rings (SSSR count). The molecule has 0 radical (unpaired) electrons. The van der Waals surface area contributed by atoms with E-state index in [9.17, 15) is 0 Å². The topological polar surface area (TPSA) is 58.0 Å². The van der Waals surface area contributed by atoms with Crippen molar-refractivity contribution in [2.24, 2.45) is 51.5 Å². The van der Waals surface area contributed by atoms with Crippen molar-refractivity contribution in [1.82, 2.24) is 0 Å². The van der Waals surface area contributed by atoms with E-state index in [-0.39, 0.29) is 0 Å². The Hall–Kier alpha value is -0.990. The summed E-state index contributed by atoms with van der Waals surface area (Å²) >= 11 is 0. The van der Waals surface area contributed by atoms with Crippen LogP contribution in [-0.2, 0) is 4.74 Å². The molecule has 4 nitrogen and oxygen atoms in total. The van der Waals surface area contributed by atoms with Crippen molar-refractivity contribution < 1.29 is 4.74 Å². The van der Waals surface area contributed by atoms with Crippen LogP contribution in [0, 0.1) is 46.3 Å². The molecule has 0 aromatic rings. The largest absolute Gasteiger partial charge is 0.374 e. The minimum atomic E-state index is 0.396. The van der Waals surface area contributed by atoms with Crippen LogP contribution >= 0.6 is 0 Å². The first-order valence-electron chi connectivity index (χ1n) is 13.2. The molecular formula is C27H43N3O. The minimum absolute atomic E-state index is 0.396. The standard InChI is InChI=1S/C27H43N3O/c1-17(16-29-30-28)8-11-23-18(2)25-24(31-23)15-22-20-10-9-19-7-5-6-13-26(19,3)21(20)12-14-27(22,25)4/h9,17-18,20-25H,5-8,10-16H2,1-4H3/t17?,18-,20-,21+,22+,23?,24+,25+,26+,27+/m1/s1. The van der Waals surface area contributed by atoms with E-state index in [1.54, 1.807) is 0 Å². The molecule has 0 aromatic carbocycles. The van der Waals surface area contributed by atoms with E-state index < -0.39 is 0 Å². The summed E-state index contributed by atoms with van der Waals surface area (Å²) in [6.07, 6.45) is 16.9. The molecule has 0 N–H and O–H groups in total. The SMILES string of the molecule is CC(CCC1O[C@H]2C[C@H]3[C@@H]4CC=C5CCCC[C@]5(C)[C@H]4CC[C@]3(C)[C@H]2[C@@H]1C)CN=[N+]=[N-]. The van der Waals surface area contributed by atoms with E-state index in [0.717, 1.165) is 36.5 Å². The van der Waals surface area contributed by atoms with Crippen LogP contribution in [0.15, 0.2) is 16.8 Å². The van der Waals surface area contributed by atoms with Crippen LogP contribution in [0.1, 0.15) is 91.9 Å². The molecule has 5 aliphatic rings. The van der Waals surface area contributed by atoms with E-state index in [1.807, 2.05) is 5.57 Å². The van der Waals surface area contributed by atoms with Gasteiger partial charge in [-0.15, -0.1) is 0 Å². The maximum Gasteiger partial charge on any atom is 0.0618 e. The normalized spacial score (nSPS) is 49.2. The van der Waals surface area contributed by atoms with Gasteiger partial charge in [0.15, 0.2) is 0 Å². The lowest BCUT2D eigenvalue weighted by Gasteiger charge is -2.58. The maximum atomic E-state index is 8.58. The van der Waals surface area contributed by atoms with Crippen LogP contribution < -0.4 is 0 Å². The number of hydrogen-bond donors (Lipinski definition) is 0. The molecule has 1 saturated heterocycles. The Morgan fingerprint density at radius 3 is 2.90 bits per heavy atom. The lowest BCUT2D eigenvalue weighted by atomic mass is 9.47. The van der Waals surface area contributed by atoms with Crippen LogP contribution in [0.25, 0.3) is 10.4 Å². The Morgan fingerprint density at radius 1 is 1.26 bits per heavy atom. The van der Waals surface area contributed by atoms with Crippen LogP contribution in [0.4, 0.5) is 0 Å². The van der Waals surface area contributed by atoms with Crippen LogP contribution in [-0.4, -0.2) is 18.8 Å². The van der Waals surface area contributed by atoms with Crippen LogP contribution in [0.2, 0.25) is 0 Å². The monoisotopic (exact) mass is 425 g/mol. The van der Waals surface area contributed by atoms with E-state index >= 15 is 0 Å². The van der Waals surface area contributed by atoms with Gasteiger partial charge < -0.3 is 4.74 Å². The summed E-state index contributed by atoms with van der Waals surface area (Å²) < 4.78 is 6.80. The zero-order valence-electron chi connectivity index (χ0n) is 20.2. The zero-order valence-corrected chi connectivity index (χ0v) is 20.2. The molecule has 1 aliphatic heterocycles. The summed E-state index contributed by atoms with van der Waals surface area (Å²) in [6, 6.07) is 0. The molecule has 0 amide bonds. The molecule has 0 spiro atoms. The van der Waals surface area contributed by atoms with Gasteiger partial charge in [0.25, 0.3) is 0 Å². The van der Waals surface area contributed by atoms with Crippen molar-refractivity contribution >= 4 is 0 Å². The predicted molar refractivity (Wildman–Crippen MR) is 125 cm³/mol. The number of azide groups is 1. The molecule has 31 heavy (non-hydrogen) atoms. The number of ether oxygens (including phenoxy) is 1. The number of allylic oxidation sites excluding steroid dienone is 2. The molecule has 4 heteroatoms. The fourth-order valence-corrected chi connectivity index (χ4v) is 9.43. The second-order valence-corrected chi connectivity index (χ2v) is 12.4. The zero-order chi connectivity index (χ0) is 21.8. The van der Waals surface area contributed by atoms with Gasteiger partial charge in [0, 0.05) is 11.5 Å². The Labute approximate surface area is 189 Å². The van der Waals surface area contributed by atoms with Crippen molar-refractivity contribution in [1.29, 1.82) is 0 Å². The van der Waals surface area contributed by atoms with E-state index in [1.165, 1.54) is 51.4 Å². The van der Waals surface area contributed by atoms with Crippen molar-refractivity contribution in [3.63, 3.8) is 0 Å². The minimum Gasteiger partial charge on any atom is -0.374 e. The molecule has 4 fully saturated rings. The molecule has 2 unspecified atom stereocenters. The Morgan fingerprint density at radius 2 is 2.10 bits per heavy atom. The summed E-state index contributed by atoms with van der Waals surface area (Å²) in [5.41, 5.74) is 11.4. The first kappa shape index (κ1) is 21.8. The quantitative estimate of drug-likeness (QED) is 0.193. The van der Waals surface area contributed by atoms with E-state index in [4.69, 9.17) is 10.3 Å². The molecular weight excluding hydrogens is 382 g/mol. The smallest absolute Gasteiger partial charge is 0.0618 e. The van der Waals surface area contributed by atoms with Gasteiger partial charge in [-0.3, -0.25) is 0 Å². The highest BCUT2D eigenvalue weighted by Gasteiger charge is 2.64. The highest BCUT2D eigenvalue weighted by molar-refractivity contribution is 5.25. The summed E-state index contributed by atoms with van der Waals surface area (Å²) in [7, 11) is 0. The number of nitrogens with zero attached hydrogens (tertiary/aromatic N) is 3. The molecule has 10 atom stereocenters. The maximum absolute atomic E-state index is 8.58. The lowest BCUT2D eigenvalue weighted by molar-refractivity contribution is -0.0520. The van der Waals surface area contributed by atoms with Gasteiger partial charge in [0.1, 0.15) is 0 Å². The van der Waals surface area contributed by atoms with Crippen molar-refractivity contribution in [2.45, 2.75) is 104 Å². The highest BCUT2D eigenvalue weighted by Crippen LogP contribution is 2.69. The van der Waals surface area contributed by atoms with E-state index in [2.05, 4.69) is 43.8 Å². The predicted octanol–water partition coefficient (Wildman–Crippen LogP) is 7.70. The fourth-order valence-electron chi connectivity index (χ4n) is 9.43. The lowest BCUT2D eigenvalue weighted by Crippen LogP contribution is -2.50. The first-order chi connectivity index (χ1) is 14.9. The van der Waals surface area contributed by atoms with Crippen molar-refractivity contribution in [3.8, 4) is 0 Å². The summed E-state index contributed by atoms with van der Waals surface area (Å²) in [5.74, 6) is 4.49. The van der Waals surface area contributed by atoms with Gasteiger partial charge >= 0.3 is 0 Å². The average molecular weight is 426 g/mol. The third kappa shape index (κ3) is 3.39. The van der Waals surface area contributed by atoms with Crippen LogP contribution in [0.5, 0.6) is 0 Å². The molecule has 1 heterocycles. The Kier molecular flexibility index (Phi) is 5.70. The third-order valence-corrected chi connectivity index (χ3v) is 11.0. The average Bonchev–Trinajstić information content (AvgIpc) is 3.23. The van der Waals surface area contributed by atoms with Gasteiger partial charge in [-0.1, -0.05) is 50.9 Å². The van der Waals surface area contributed by atoms with E-state index in [0.29, 0.717) is 41.4 Å².